The fourth-order valence-corrected chi connectivity index (χ4v) is 2.34. The molecule has 1 fully saturated rings. The van der Waals surface area contributed by atoms with Gasteiger partial charge in [0.2, 0.25) is 11.8 Å². The van der Waals surface area contributed by atoms with Gasteiger partial charge in [-0.25, -0.2) is 0 Å². The Morgan fingerprint density at radius 1 is 1.50 bits per heavy atom. The number of hydrogen-bond acceptors (Lipinski definition) is 4. The summed E-state index contributed by atoms with van der Waals surface area (Å²) in [6.07, 6.45) is 0.410. The predicted molar refractivity (Wildman–Crippen MR) is 74.1 cm³/mol. The molecule has 6 nitrogen and oxygen atoms in total. The first-order chi connectivity index (χ1) is 9.43. The van der Waals surface area contributed by atoms with Crippen LogP contribution in [0.2, 0.25) is 0 Å². The van der Waals surface area contributed by atoms with Gasteiger partial charge in [-0.15, -0.1) is 0 Å². The quantitative estimate of drug-likeness (QED) is 0.787. The summed E-state index contributed by atoms with van der Waals surface area (Å²) in [7, 11) is 0. The normalized spacial score (nSPS) is 18.9. The summed E-state index contributed by atoms with van der Waals surface area (Å²) >= 11 is 3.13. The zero-order valence-corrected chi connectivity index (χ0v) is 12.3. The highest BCUT2D eigenvalue weighted by atomic mass is 79.9. The number of nitrogens with one attached hydrogen (secondary N) is 1. The van der Waals surface area contributed by atoms with Crippen LogP contribution in [-0.2, 0) is 9.59 Å². The average Bonchev–Trinajstić information content (AvgIpc) is 2.40. The number of carbonyl (C=O) groups excluding carboxylic acids is 3. The Morgan fingerprint density at radius 3 is 2.80 bits per heavy atom. The van der Waals surface area contributed by atoms with Crippen LogP contribution in [-0.4, -0.2) is 40.3 Å². The number of aromatic hydroxyl groups is 1. The van der Waals surface area contributed by atoms with Crippen molar-refractivity contribution >= 4 is 33.7 Å². The Hall–Kier alpha value is -1.89. The highest BCUT2D eigenvalue weighted by Gasteiger charge is 2.35. The van der Waals surface area contributed by atoms with Crippen LogP contribution in [0.3, 0.4) is 0 Å². The molecule has 1 atom stereocenters. The molecule has 1 heterocycles. The largest absolute Gasteiger partial charge is 0.507 e. The second-order valence-corrected chi connectivity index (χ2v) is 5.29. The van der Waals surface area contributed by atoms with Crippen molar-refractivity contribution in [2.24, 2.45) is 0 Å². The van der Waals surface area contributed by atoms with E-state index in [0.717, 1.165) is 0 Å². The molecule has 3 amide bonds. The topological polar surface area (TPSA) is 86.7 Å². The molecule has 1 aromatic carbocycles. The molecule has 20 heavy (non-hydrogen) atoms. The van der Waals surface area contributed by atoms with E-state index < -0.39 is 23.8 Å². The molecule has 1 aliphatic heterocycles. The van der Waals surface area contributed by atoms with Gasteiger partial charge in [-0.1, -0.05) is 6.92 Å². The van der Waals surface area contributed by atoms with E-state index in [-0.39, 0.29) is 17.9 Å². The molecule has 1 saturated heterocycles. The highest BCUT2D eigenvalue weighted by molar-refractivity contribution is 9.10. The molecule has 106 valence electrons. The first-order valence-corrected chi connectivity index (χ1v) is 6.86. The van der Waals surface area contributed by atoms with Crippen LogP contribution in [0, 0.1) is 0 Å². The highest BCUT2D eigenvalue weighted by Crippen LogP contribution is 2.25. The molecular weight excluding hydrogens is 328 g/mol. The number of hydrogen-bond donors (Lipinski definition) is 2. The maximum absolute atomic E-state index is 12.4. The predicted octanol–water partition coefficient (Wildman–Crippen LogP) is 1.03. The molecule has 0 bridgehead atoms. The molecule has 7 heteroatoms. The van der Waals surface area contributed by atoms with Gasteiger partial charge in [0.15, 0.2) is 0 Å². The van der Waals surface area contributed by atoms with Crippen LogP contribution >= 0.6 is 15.9 Å². The van der Waals surface area contributed by atoms with Gasteiger partial charge in [0.1, 0.15) is 18.3 Å². The summed E-state index contributed by atoms with van der Waals surface area (Å²) in [6.45, 7) is 1.60. The Bertz CT molecular complexity index is 588. The molecule has 0 spiro atoms. The van der Waals surface area contributed by atoms with E-state index in [1.165, 1.54) is 23.1 Å². The fraction of sp³-hybridized carbons (Fsp3) is 0.308. The zero-order valence-electron chi connectivity index (χ0n) is 10.7. The third-order valence-electron chi connectivity index (χ3n) is 3.10. The van der Waals surface area contributed by atoms with Gasteiger partial charge in [-0.05, 0) is 40.5 Å². The third kappa shape index (κ3) is 2.67. The van der Waals surface area contributed by atoms with E-state index in [1.807, 2.05) is 0 Å². The SMILES string of the molecule is CCC1C(=O)NC(=O)CN1C(=O)c1ccc(Br)c(O)c1. The lowest BCUT2D eigenvalue weighted by molar-refractivity contribution is -0.138. The standard InChI is InChI=1S/C13H13BrN2O4/c1-2-9-12(19)15-11(18)6-16(9)13(20)7-3-4-8(14)10(17)5-7/h3-5,9,17H,2,6H2,1H3,(H,15,18,19). The van der Waals surface area contributed by atoms with Gasteiger partial charge in [0, 0.05) is 5.56 Å². The number of carbonyl (C=O) groups is 3. The van der Waals surface area contributed by atoms with Crippen molar-refractivity contribution in [1.82, 2.24) is 10.2 Å². The lowest BCUT2D eigenvalue weighted by atomic mass is 10.1. The van der Waals surface area contributed by atoms with E-state index >= 15 is 0 Å². The number of phenols is 1. The second kappa shape index (κ2) is 5.62. The van der Waals surface area contributed by atoms with Crippen molar-refractivity contribution in [3.05, 3.63) is 28.2 Å². The van der Waals surface area contributed by atoms with Crippen LogP contribution < -0.4 is 5.32 Å². The Balaban J connectivity index is 2.32. The van der Waals surface area contributed by atoms with Crippen LogP contribution in [0.25, 0.3) is 0 Å². The first-order valence-electron chi connectivity index (χ1n) is 6.07. The number of nitrogens with zero attached hydrogens (tertiary/aromatic N) is 1. The number of benzene rings is 1. The Kier molecular flexibility index (Phi) is 4.08. The van der Waals surface area contributed by atoms with Crippen LogP contribution in [0.1, 0.15) is 23.7 Å². The summed E-state index contributed by atoms with van der Waals surface area (Å²) in [5.74, 6) is -1.51. The van der Waals surface area contributed by atoms with Crippen LogP contribution in [0.5, 0.6) is 5.75 Å². The van der Waals surface area contributed by atoms with Gasteiger partial charge >= 0.3 is 0 Å². The Labute approximate surface area is 123 Å². The molecule has 0 aliphatic carbocycles. The maximum Gasteiger partial charge on any atom is 0.255 e. The van der Waals surface area contributed by atoms with Crippen molar-refractivity contribution in [2.45, 2.75) is 19.4 Å². The summed E-state index contributed by atoms with van der Waals surface area (Å²) in [5.41, 5.74) is 0.228. The van der Waals surface area contributed by atoms with Gasteiger partial charge < -0.3 is 10.0 Å². The number of piperazine rings is 1. The van der Waals surface area contributed by atoms with Crippen molar-refractivity contribution in [2.75, 3.05) is 6.54 Å². The number of imide groups is 1. The summed E-state index contributed by atoms with van der Waals surface area (Å²) in [5, 5.41) is 11.8. The first kappa shape index (κ1) is 14.5. The number of phenolic OH excluding ortho intramolecular Hbond substituents is 1. The van der Waals surface area contributed by atoms with E-state index in [4.69, 9.17) is 0 Å². The van der Waals surface area contributed by atoms with Gasteiger partial charge in [0.05, 0.1) is 4.47 Å². The van der Waals surface area contributed by atoms with Gasteiger partial charge in [0.25, 0.3) is 5.91 Å². The minimum atomic E-state index is -0.675. The molecule has 1 aliphatic rings. The monoisotopic (exact) mass is 340 g/mol. The second-order valence-electron chi connectivity index (χ2n) is 4.44. The third-order valence-corrected chi connectivity index (χ3v) is 3.77. The van der Waals surface area contributed by atoms with E-state index in [1.54, 1.807) is 6.92 Å². The van der Waals surface area contributed by atoms with Crippen molar-refractivity contribution in [3.8, 4) is 5.75 Å². The molecule has 0 aromatic heterocycles. The minimum absolute atomic E-state index is 0.0725. The molecule has 1 aromatic rings. The zero-order chi connectivity index (χ0) is 14.9. The van der Waals surface area contributed by atoms with Crippen molar-refractivity contribution in [1.29, 1.82) is 0 Å². The number of amides is 3. The lowest BCUT2D eigenvalue weighted by Gasteiger charge is -2.33. The van der Waals surface area contributed by atoms with Gasteiger partial charge in [-0.3, -0.25) is 19.7 Å². The van der Waals surface area contributed by atoms with Crippen LogP contribution in [0.4, 0.5) is 0 Å². The summed E-state index contributed by atoms with van der Waals surface area (Å²) < 4.78 is 0.466. The smallest absolute Gasteiger partial charge is 0.255 e. The summed E-state index contributed by atoms with van der Waals surface area (Å²) in [4.78, 5) is 36.8. The lowest BCUT2D eigenvalue weighted by Crippen LogP contribution is -2.59. The number of rotatable bonds is 2. The van der Waals surface area contributed by atoms with E-state index in [9.17, 15) is 19.5 Å². The van der Waals surface area contributed by atoms with Gasteiger partial charge in [-0.2, -0.15) is 0 Å². The fourth-order valence-electron chi connectivity index (χ4n) is 2.10. The molecule has 2 N–H and O–H groups in total. The molecule has 2 rings (SSSR count). The minimum Gasteiger partial charge on any atom is -0.507 e. The molecule has 0 radical (unpaired) electrons. The maximum atomic E-state index is 12.4. The van der Waals surface area contributed by atoms with Crippen LogP contribution in [0.15, 0.2) is 22.7 Å². The Morgan fingerprint density at radius 2 is 2.20 bits per heavy atom. The van der Waals surface area contributed by atoms with E-state index in [2.05, 4.69) is 21.2 Å². The summed E-state index contributed by atoms with van der Waals surface area (Å²) in [6, 6.07) is 3.69. The molecule has 0 saturated carbocycles. The average molecular weight is 341 g/mol. The van der Waals surface area contributed by atoms with E-state index in [0.29, 0.717) is 10.9 Å². The van der Waals surface area contributed by atoms with Crippen molar-refractivity contribution in [3.63, 3.8) is 0 Å². The molecular formula is C13H13BrN2O4. The van der Waals surface area contributed by atoms with Crippen molar-refractivity contribution < 1.29 is 19.5 Å². The number of halogens is 1. The molecule has 1 unspecified atom stereocenters.